The van der Waals surface area contributed by atoms with Crippen molar-refractivity contribution >= 4 is 48.7 Å². The predicted octanol–water partition coefficient (Wildman–Crippen LogP) is 4.71. The molecule has 0 spiro atoms. The largest absolute Gasteiger partial charge is 0.497 e. The molecular formula is C25H25N3O4S2. The molecule has 0 saturated heterocycles. The maximum atomic E-state index is 12.7. The summed E-state index contributed by atoms with van der Waals surface area (Å²) >= 11 is 1.37. The van der Waals surface area contributed by atoms with Gasteiger partial charge in [0.2, 0.25) is 10.0 Å². The Hall–Kier alpha value is -3.40. The first-order valence-corrected chi connectivity index (χ1v) is 13.2. The SMILES string of the molecule is COc1ccc(CN(Cc2ccc3sc(C(=O)Nc4ccccc4N)cc3c2)S(C)(=O)=O)cc1. The number of anilines is 2. The van der Waals surface area contributed by atoms with Crippen LogP contribution in [-0.2, 0) is 23.1 Å². The number of hydrogen-bond donors (Lipinski definition) is 2. The molecule has 1 heterocycles. The highest BCUT2D eigenvalue weighted by Crippen LogP contribution is 2.29. The van der Waals surface area contributed by atoms with Crippen LogP contribution in [-0.4, -0.2) is 32.0 Å². The van der Waals surface area contributed by atoms with Crippen molar-refractivity contribution in [1.29, 1.82) is 0 Å². The second kappa shape index (κ2) is 9.84. The summed E-state index contributed by atoms with van der Waals surface area (Å²) in [6, 6.07) is 22.0. The molecule has 1 amide bonds. The summed E-state index contributed by atoms with van der Waals surface area (Å²) < 4.78 is 32.5. The minimum atomic E-state index is -3.45. The van der Waals surface area contributed by atoms with E-state index in [2.05, 4.69) is 5.32 Å². The van der Waals surface area contributed by atoms with E-state index in [1.165, 1.54) is 21.9 Å². The number of para-hydroxylation sites is 2. The van der Waals surface area contributed by atoms with E-state index in [9.17, 15) is 13.2 Å². The number of nitrogen functional groups attached to an aromatic ring is 1. The first-order valence-electron chi connectivity index (χ1n) is 10.5. The highest BCUT2D eigenvalue weighted by Gasteiger charge is 2.19. The Balaban J connectivity index is 1.53. The van der Waals surface area contributed by atoms with Crippen molar-refractivity contribution < 1.29 is 17.9 Å². The second-order valence-corrected chi connectivity index (χ2v) is 11.0. The van der Waals surface area contributed by atoms with Crippen LogP contribution in [0.1, 0.15) is 20.8 Å². The maximum Gasteiger partial charge on any atom is 0.265 e. The van der Waals surface area contributed by atoms with Gasteiger partial charge in [-0.05, 0) is 59.0 Å². The molecule has 0 aliphatic heterocycles. The second-order valence-electron chi connectivity index (χ2n) is 7.90. The molecule has 34 heavy (non-hydrogen) atoms. The molecular weight excluding hydrogens is 470 g/mol. The molecule has 7 nitrogen and oxygen atoms in total. The number of carbonyl (C=O) groups excluding carboxylic acids is 1. The first kappa shape index (κ1) is 23.7. The van der Waals surface area contributed by atoms with E-state index in [0.29, 0.717) is 22.0 Å². The molecule has 4 rings (SSSR count). The molecule has 3 aromatic carbocycles. The lowest BCUT2D eigenvalue weighted by molar-refractivity contribution is 0.103. The van der Waals surface area contributed by atoms with Crippen molar-refractivity contribution in [3.63, 3.8) is 0 Å². The molecule has 0 aliphatic rings. The highest BCUT2D eigenvalue weighted by molar-refractivity contribution is 7.88. The van der Waals surface area contributed by atoms with E-state index in [1.54, 1.807) is 25.3 Å². The van der Waals surface area contributed by atoms with Gasteiger partial charge in [-0.15, -0.1) is 11.3 Å². The Morgan fingerprint density at radius 1 is 1.00 bits per heavy atom. The van der Waals surface area contributed by atoms with Gasteiger partial charge in [-0.3, -0.25) is 4.79 Å². The Bertz CT molecular complexity index is 1430. The van der Waals surface area contributed by atoms with Crippen molar-refractivity contribution in [1.82, 2.24) is 4.31 Å². The summed E-state index contributed by atoms with van der Waals surface area (Å²) in [6.45, 7) is 0.468. The number of methoxy groups -OCH3 is 1. The Kier molecular flexibility index (Phi) is 6.87. The Morgan fingerprint density at radius 3 is 2.35 bits per heavy atom. The molecule has 9 heteroatoms. The third kappa shape index (κ3) is 5.56. The normalized spacial score (nSPS) is 11.6. The molecule has 0 saturated carbocycles. The van der Waals surface area contributed by atoms with E-state index in [1.807, 2.05) is 54.6 Å². The number of sulfonamides is 1. The number of nitrogens with zero attached hydrogens (tertiary/aromatic N) is 1. The lowest BCUT2D eigenvalue weighted by atomic mass is 10.1. The van der Waals surface area contributed by atoms with Gasteiger partial charge in [-0.2, -0.15) is 4.31 Å². The zero-order chi connectivity index (χ0) is 24.3. The number of hydrogen-bond acceptors (Lipinski definition) is 6. The van der Waals surface area contributed by atoms with Crippen molar-refractivity contribution in [3.8, 4) is 5.75 Å². The van der Waals surface area contributed by atoms with Crippen LogP contribution in [0.2, 0.25) is 0 Å². The van der Waals surface area contributed by atoms with E-state index in [4.69, 9.17) is 10.5 Å². The van der Waals surface area contributed by atoms with Crippen LogP contribution in [0, 0.1) is 0 Å². The molecule has 0 fully saturated rings. The summed E-state index contributed by atoms with van der Waals surface area (Å²) in [4.78, 5) is 13.3. The zero-order valence-corrected chi connectivity index (χ0v) is 20.4. The average molecular weight is 496 g/mol. The van der Waals surface area contributed by atoms with Crippen LogP contribution in [0.4, 0.5) is 11.4 Å². The zero-order valence-electron chi connectivity index (χ0n) is 18.8. The third-order valence-corrected chi connectivity index (χ3v) is 7.67. The van der Waals surface area contributed by atoms with Crippen LogP contribution in [0.3, 0.4) is 0 Å². The number of rotatable bonds is 8. The molecule has 3 N–H and O–H groups in total. The predicted molar refractivity (Wildman–Crippen MR) is 138 cm³/mol. The van der Waals surface area contributed by atoms with E-state index >= 15 is 0 Å². The number of amides is 1. The fourth-order valence-electron chi connectivity index (χ4n) is 3.53. The maximum absolute atomic E-state index is 12.7. The fourth-order valence-corrected chi connectivity index (χ4v) is 5.23. The van der Waals surface area contributed by atoms with Crippen molar-refractivity contribution in [2.75, 3.05) is 24.4 Å². The van der Waals surface area contributed by atoms with Crippen LogP contribution in [0.25, 0.3) is 10.1 Å². The lowest BCUT2D eigenvalue weighted by Gasteiger charge is -2.20. The average Bonchev–Trinajstić information content (AvgIpc) is 3.24. The summed E-state index contributed by atoms with van der Waals surface area (Å²) in [6.07, 6.45) is 1.21. The van der Waals surface area contributed by atoms with Gasteiger partial charge in [-0.1, -0.05) is 30.3 Å². The Labute approximate surface area is 202 Å². The van der Waals surface area contributed by atoms with Gasteiger partial charge in [0.15, 0.2) is 0 Å². The van der Waals surface area contributed by atoms with Crippen LogP contribution in [0.5, 0.6) is 5.75 Å². The molecule has 0 bridgehead atoms. The van der Waals surface area contributed by atoms with Gasteiger partial charge in [0.1, 0.15) is 5.75 Å². The van der Waals surface area contributed by atoms with Crippen LogP contribution in [0.15, 0.2) is 72.8 Å². The summed E-state index contributed by atoms with van der Waals surface area (Å²) in [7, 11) is -1.86. The molecule has 1 aromatic heterocycles. The number of carbonyl (C=O) groups is 1. The molecule has 0 atom stereocenters. The number of nitrogens with two attached hydrogens (primary N) is 1. The van der Waals surface area contributed by atoms with Crippen LogP contribution >= 0.6 is 11.3 Å². The highest BCUT2D eigenvalue weighted by atomic mass is 32.2. The fraction of sp³-hybridized carbons (Fsp3) is 0.160. The molecule has 0 radical (unpaired) electrons. The van der Waals surface area contributed by atoms with Crippen molar-refractivity contribution in [3.05, 3.63) is 88.8 Å². The standard InChI is InChI=1S/C25H25N3O4S2/c1-32-20-10-7-17(8-11-20)15-28(34(2,30)31)16-18-9-12-23-19(13-18)14-24(33-23)25(29)27-22-6-4-3-5-21(22)26/h3-14H,15-16,26H2,1-2H3,(H,27,29). The smallest absolute Gasteiger partial charge is 0.265 e. The topological polar surface area (TPSA) is 102 Å². The summed E-state index contributed by atoms with van der Waals surface area (Å²) in [5.74, 6) is 0.477. The number of thiophene rings is 1. The summed E-state index contributed by atoms with van der Waals surface area (Å²) in [5.41, 5.74) is 8.68. The van der Waals surface area contributed by atoms with E-state index < -0.39 is 10.0 Å². The quantitative estimate of drug-likeness (QED) is 0.345. The lowest BCUT2D eigenvalue weighted by Crippen LogP contribution is -2.29. The Morgan fingerprint density at radius 2 is 1.68 bits per heavy atom. The minimum Gasteiger partial charge on any atom is -0.497 e. The minimum absolute atomic E-state index is 0.221. The van der Waals surface area contributed by atoms with Gasteiger partial charge in [0.05, 0.1) is 29.6 Å². The first-order chi connectivity index (χ1) is 16.2. The van der Waals surface area contributed by atoms with Gasteiger partial charge in [0.25, 0.3) is 5.91 Å². The van der Waals surface area contributed by atoms with Gasteiger partial charge in [-0.25, -0.2) is 8.42 Å². The van der Waals surface area contributed by atoms with Crippen LogP contribution < -0.4 is 15.8 Å². The summed E-state index contributed by atoms with van der Waals surface area (Å²) in [5, 5.41) is 3.72. The number of fused-ring (bicyclic) bond motifs is 1. The number of nitrogens with one attached hydrogen (secondary N) is 1. The molecule has 176 valence electrons. The number of benzene rings is 3. The van der Waals surface area contributed by atoms with Crippen molar-refractivity contribution in [2.24, 2.45) is 0 Å². The monoisotopic (exact) mass is 495 g/mol. The molecule has 0 unspecified atom stereocenters. The molecule has 4 aromatic rings. The van der Waals surface area contributed by atoms with Gasteiger partial charge in [0, 0.05) is 17.8 Å². The van der Waals surface area contributed by atoms with E-state index in [0.717, 1.165) is 21.2 Å². The number of ether oxygens (including phenoxy) is 1. The third-order valence-electron chi connectivity index (χ3n) is 5.36. The van der Waals surface area contributed by atoms with Gasteiger partial charge < -0.3 is 15.8 Å². The molecule has 0 aliphatic carbocycles. The van der Waals surface area contributed by atoms with E-state index in [-0.39, 0.29) is 19.0 Å². The van der Waals surface area contributed by atoms with Gasteiger partial charge >= 0.3 is 0 Å². The van der Waals surface area contributed by atoms with Crippen molar-refractivity contribution in [2.45, 2.75) is 13.1 Å².